The van der Waals surface area contributed by atoms with Crippen molar-refractivity contribution in [2.75, 3.05) is 20.2 Å². The first-order chi connectivity index (χ1) is 9.56. The highest BCUT2D eigenvalue weighted by molar-refractivity contribution is 7.80. The maximum atomic E-state index is 13.4. The molecular formula is C15H21FN2OS. The van der Waals surface area contributed by atoms with Gasteiger partial charge in [-0.1, -0.05) is 12.2 Å². The summed E-state index contributed by atoms with van der Waals surface area (Å²) in [6.45, 7) is 2.30. The lowest BCUT2D eigenvalue weighted by Gasteiger charge is -2.27. The molecule has 0 aromatic heterocycles. The van der Waals surface area contributed by atoms with Crippen molar-refractivity contribution in [2.45, 2.75) is 31.9 Å². The van der Waals surface area contributed by atoms with Gasteiger partial charge in [-0.25, -0.2) is 4.39 Å². The standard InChI is InChI=1S/C15H21FN2OS/c1-18(10-13-4-2-3-7-19-13)9-11-8-12(16)5-6-14(11)15(17)20/h5-6,8,13H,2-4,7,9-10H2,1H3,(H2,17,20). The van der Waals surface area contributed by atoms with Crippen LogP contribution < -0.4 is 5.73 Å². The summed E-state index contributed by atoms with van der Waals surface area (Å²) in [6, 6.07) is 4.55. The number of thiocarbonyl (C=S) groups is 1. The Hall–Kier alpha value is -1.04. The van der Waals surface area contributed by atoms with Gasteiger partial charge in [0.1, 0.15) is 10.8 Å². The SMILES string of the molecule is CN(Cc1cc(F)ccc1C(N)=S)CC1CCCCO1. The average Bonchev–Trinajstić information content (AvgIpc) is 2.39. The number of nitrogens with zero attached hydrogens (tertiary/aromatic N) is 1. The molecule has 20 heavy (non-hydrogen) atoms. The van der Waals surface area contributed by atoms with Crippen LogP contribution in [0, 0.1) is 5.82 Å². The summed E-state index contributed by atoms with van der Waals surface area (Å²) in [7, 11) is 2.01. The van der Waals surface area contributed by atoms with E-state index in [0.29, 0.717) is 11.5 Å². The molecule has 0 amide bonds. The molecule has 1 aromatic rings. The van der Waals surface area contributed by atoms with Crippen LogP contribution in [-0.4, -0.2) is 36.2 Å². The van der Waals surface area contributed by atoms with Crippen molar-refractivity contribution < 1.29 is 9.13 Å². The lowest BCUT2D eigenvalue weighted by atomic mass is 10.1. The quantitative estimate of drug-likeness (QED) is 0.847. The molecule has 1 fully saturated rings. The van der Waals surface area contributed by atoms with Gasteiger partial charge in [-0.15, -0.1) is 0 Å². The van der Waals surface area contributed by atoms with Crippen LogP contribution >= 0.6 is 12.2 Å². The molecule has 1 saturated heterocycles. The number of benzene rings is 1. The van der Waals surface area contributed by atoms with Crippen molar-refractivity contribution in [3.8, 4) is 0 Å². The molecule has 1 aliphatic rings. The van der Waals surface area contributed by atoms with E-state index < -0.39 is 0 Å². The minimum Gasteiger partial charge on any atom is -0.389 e. The molecule has 0 saturated carbocycles. The fourth-order valence-electron chi connectivity index (χ4n) is 2.59. The summed E-state index contributed by atoms with van der Waals surface area (Å²) >= 11 is 5.02. The van der Waals surface area contributed by atoms with Crippen LogP contribution in [0.25, 0.3) is 0 Å². The topological polar surface area (TPSA) is 38.5 Å². The van der Waals surface area contributed by atoms with E-state index >= 15 is 0 Å². The molecule has 5 heteroatoms. The summed E-state index contributed by atoms with van der Waals surface area (Å²) in [5.41, 5.74) is 7.27. The van der Waals surface area contributed by atoms with Crippen molar-refractivity contribution >= 4 is 17.2 Å². The molecule has 0 spiro atoms. The number of halogens is 1. The molecule has 2 N–H and O–H groups in total. The van der Waals surface area contributed by atoms with Crippen molar-refractivity contribution in [2.24, 2.45) is 5.73 Å². The van der Waals surface area contributed by atoms with E-state index in [1.54, 1.807) is 6.07 Å². The van der Waals surface area contributed by atoms with E-state index in [1.165, 1.54) is 18.6 Å². The van der Waals surface area contributed by atoms with Gasteiger partial charge in [0.05, 0.1) is 6.10 Å². The van der Waals surface area contributed by atoms with Gasteiger partial charge in [0, 0.05) is 25.3 Å². The zero-order valence-electron chi connectivity index (χ0n) is 11.8. The molecule has 0 radical (unpaired) electrons. The first-order valence-corrected chi connectivity index (χ1v) is 7.35. The summed E-state index contributed by atoms with van der Waals surface area (Å²) < 4.78 is 19.1. The summed E-state index contributed by atoms with van der Waals surface area (Å²) in [4.78, 5) is 2.44. The molecule has 110 valence electrons. The second-order valence-corrected chi connectivity index (χ2v) is 5.79. The van der Waals surface area contributed by atoms with E-state index in [-0.39, 0.29) is 11.9 Å². The van der Waals surface area contributed by atoms with Crippen LogP contribution in [-0.2, 0) is 11.3 Å². The number of likely N-dealkylation sites (N-methyl/N-ethyl adjacent to an activating group) is 1. The minimum absolute atomic E-state index is 0.262. The highest BCUT2D eigenvalue weighted by Gasteiger charge is 2.17. The average molecular weight is 296 g/mol. The molecule has 1 unspecified atom stereocenters. The number of hydrogen-bond donors (Lipinski definition) is 1. The maximum absolute atomic E-state index is 13.4. The summed E-state index contributed by atoms with van der Waals surface area (Å²) in [6.07, 6.45) is 3.73. The Labute approximate surface area is 124 Å². The zero-order chi connectivity index (χ0) is 14.5. The molecule has 2 rings (SSSR count). The van der Waals surface area contributed by atoms with Crippen molar-refractivity contribution in [3.05, 3.63) is 35.1 Å². The highest BCUT2D eigenvalue weighted by Crippen LogP contribution is 2.17. The molecule has 1 heterocycles. The number of hydrogen-bond acceptors (Lipinski definition) is 3. The van der Waals surface area contributed by atoms with Crippen molar-refractivity contribution in [3.63, 3.8) is 0 Å². The van der Waals surface area contributed by atoms with Crippen molar-refractivity contribution in [1.29, 1.82) is 0 Å². The van der Waals surface area contributed by atoms with E-state index in [4.69, 9.17) is 22.7 Å². The van der Waals surface area contributed by atoms with Gasteiger partial charge in [0.25, 0.3) is 0 Å². The Bertz CT molecular complexity index is 475. The van der Waals surface area contributed by atoms with Gasteiger partial charge in [-0.05, 0) is 50.1 Å². The van der Waals surface area contributed by atoms with Crippen LogP contribution in [0.5, 0.6) is 0 Å². The van der Waals surface area contributed by atoms with Crippen molar-refractivity contribution in [1.82, 2.24) is 4.90 Å². The van der Waals surface area contributed by atoms with Crippen LogP contribution in [0.1, 0.15) is 30.4 Å². The van der Waals surface area contributed by atoms with E-state index in [9.17, 15) is 4.39 Å². The number of nitrogens with two attached hydrogens (primary N) is 1. The van der Waals surface area contributed by atoms with Gasteiger partial charge < -0.3 is 10.5 Å². The summed E-state index contributed by atoms with van der Waals surface area (Å²) in [5, 5.41) is 0. The smallest absolute Gasteiger partial charge is 0.123 e. The largest absolute Gasteiger partial charge is 0.389 e. The van der Waals surface area contributed by atoms with Crippen LogP contribution in [0.15, 0.2) is 18.2 Å². The normalized spacial score (nSPS) is 19.2. The van der Waals surface area contributed by atoms with Gasteiger partial charge in [0.15, 0.2) is 0 Å². The fraction of sp³-hybridized carbons (Fsp3) is 0.533. The van der Waals surface area contributed by atoms with E-state index in [1.807, 2.05) is 7.05 Å². The lowest BCUT2D eigenvalue weighted by molar-refractivity contribution is -0.00260. The number of rotatable bonds is 5. The Morgan fingerprint density at radius 2 is 2.30 bits per heavy atom. The van der Waals surface area contributed by atoms with Gasteiger partial charge in [-0.2, -0.15) is 0 Å². The predicted molar refractivity (Wildman–Crippen MR) is 82.2 cm³/mol. The molecule has 0 bridgehead atoms. The predicted octanol–water partition coefficient (Wildman–Crippen LogP) is 2.46. The Balaban J connectivity index is 2.00. The Kier molecular flexibility index (Phi) is 5.46. The third-order valence-electron chi connectivity index (χ3n) is 3.56. The van der Waals surface area contributed by atoms with Crippen LogP contribution in [0.4, 0.5) is 4.39 Å². The second kappa shape index (κ2) is 7.11. The first kappa shape index (κ1) is 15.4. The van der Waals surface area contributed by atoms with Crippen LogP contribution in [0.3, 0.4) is 0 Å². The maximum Gasteiger partial charge on any atom is 0.123 e. The zero-order valence-corrected chi connectivity index (χ0v) is 12.6. The van der Waals surface area contributed by atoms with Gasteiger partial charge >= 0.3 is 0 Å². The van der Waals surface area contributed by atoms with E-state index in [2.05, 4.69) is 4.90 Å². The Morgan fingerprint density at radius 1 is 1.50 bits per heavy atom. The Morgan fingerprint density at radius 3 is 2.95 bits per heavy atom. The number of ether oxygens (including phenoxy) is 1. The molecule has 1 aliphatic heterocycles. The molecular weight excluding hydrogens is 275 g/mol. The molecule has 0 aliphatic carbocycles. The lowest BCUT2D eigenvalue weighted by Crippen LogP contribution is -2.33. The van der Waals surface area contributed by atoms with Gasteiger partial charge in [0.2, 0.25) is 0 Å². The molecule has 3 nitrogen and oxygen atoms in total. The second-order valence-electron chi connectivity index (χ2n) is 5.35. The molecule has 1 aromatic carbocycles. The van der Waals surface area contributed by atoms with Gasteiger partial charge in [-0.3, -0.25) is 4.90 Å². The first-order valence-electron chi connectivity index (χ1n) is 6.94. The fourth-order valence-corrected chi connectivity index (χ4v) is 2.79. The van der Waals surface area contributed by atoms with E-state index in [0.717, 1.165) is 37.1 Å². The third-order valence-corrected chi connectivity index (χ3v) is 3.78. The molecule has 1 atom stereocenters. The third kappa shape index (κ3) is 4.23. The van der Waals surface area contributed by atoms with Crippen LogP contribution in [0.2, 0.25) is 0 Å². The highest BCUT2D eigenvalue weighted by atomic mass is 32.1. The minimum atomic E-state index is -0.262. The summed E-state index contributed by atoms with van der Waals surface area (Å²) in [5.74, 6) is -0.262. The monoisotopic (exact) mass is 296 g/mol.